The number of ether oxygens (including phenoxy) is 1. The lowest BCUT2D eigenvalue weighted by molar-refractivity contribution is 0.0586. The van der Waals surface area contributed by atoms with Crippen molar-refractivity contribution >= 4 is 5.91 Å². The van der Waals surface area contributed by atoms with Gasteiger partial charge in [-0.1, -0.05) is 18.2 Å². The Bertz CT molecular complexity index is 1190. The van der Waals surface area contributed by atoms with Crippen LogP contribution in [0, 0.1) is 5.92 Å². The molecule has 7 heteroatoms. The molecule has 1 saturated heterocycles. The number of likely N-dealkylation sites (tertiary alicyclic amines) is 1. The maximum absolute atomic E-state index is 13.4. The van der Waals surface area contributed by atoms with Gasteiger partial charge in [0.25, 0.3) is 11.5 Å². The van der Waals surface area contributed by atoms with Crippen LogP contribution in [-0.2, 0) is 13.2 Å². The predicted octanol–water partition coefficient (Wildman–Crippen LogP) is 2.39. The minimum absolute atomic E-state index is 0.0387. The van der Waals surface area contributed by atoms with E-state index in [4.69, 9.17) is 4.74 Å². The van der Waals surface area contributed by atoms with Gasteiger partial charge in [-0.05, 0) is 30.5 Å². The fourth-order valence-electron chi connectivity index (χ4n) is 5.06. The summed E-state index contributed by atoms with van der Waals surface area (Å²) in [5.74, 6) is 1.24. The van der Waals surface area contributed by atoms with Crippen molar-refractivity contribution in [3.05, 3.63) is 69.8 Å². The van der Waals surface area contributed by atoms with Crippen molar-refractivity contribution in [1.29, 1.82) is 0 Å². The van der Waals surface area contributed by atoms with E-state index in [0.29, 0.717) is 37.9 Å². The molecule has 0 saturated carbocycles. The van der Waals surface area contributed by atoms with Crippen molar-refractivity contribution in [1.82, 2.24) is 19.7 Å². The van der Waals surface area contributed by atoms with E-state index in [0.717, 1.165) is 34.7 Å². The molecule has 2 aromatic heterocycles. The number of nitrogens with zero attached hydrogens (tertiary/aromatic N) is 3. The molecule has 1 aromatic carbocycles. The third kappa shape index (κ3) is 2.46. The molecule has 7 nitrogen and oxygen atoms in total. The predicted molar refractivity (Wildman–Crippen MR) is 106 cm³/mol. The molecule has 2 bridgehead atoms. The molecular weight excluding hydrogens is 368 g/mol. The fourth-order valence-corrected chi connectivity index (χ4v) is 5.06. The van der Waals surface area contributed by atoms with Crippen molar-refractivity contribution in [3.8, 4) is 17.0 Å². The summed E-state index contributed by atoms with van der Waals surface area (Å²) in [5.41, 5.74) is 4.13. The van der Waals surface area contributed by atoms with E-state index in [2.05, 4.69) is 10.2 Å². The zero-order valence-corrected chi connectivity index (χ0v) is 15.8. The van der Waals surface area contributed by atoms with Crippen LogP contribution in [-0.4, -0.2) is 38.7 Å². The molecule has 6 rings (SSSR count). The summed E-state index contributed by atoms with van der Waals surface area (Å²) in [5, 5.41) is 7.41. The zero-order valence-electron chi connectivity index (χ0n) is 15.8. The lowest BCUT2D eigenvalue weighted by Gasteiger charge is -2.42. The number of hydrogen-bond donors (Lipinski definition) is 1. The van der Waals surface area contributed by atoms with E-state index in [9.17, 15) is 9.59 Å². The van der Waals surface area contributed by atoms with Crippen LogP contribution in [0.15, 0.2) is 47.3 Å². The second kappa shape index (κ2) is 6.07. The van der Waals surface area contributed by atoms with Gasteiger partial charge in [0.05, 0.1) is 0 Å². The van der Waals surface area contributed by atoms with Gasteiger partial charge in [0.2, 0.25) is 0 Å². The second-order valence-corrected chi connectivity index (χ2v) is 8.12. The van der Waals surface area contributed by atoms with Crippen molar-refractivity contribution in [2.24, 2.45) is 5.92 Å². The molecule has 5 heterocycles. The normalized spacial score (nSPS) is 21.6. The van der Waals surface area contributed by atoms with Gasteiger partial charge >= 0.3 is 0 Å². The summed E-state index contributed by atoms with van der Waals surface area (Å²) in [7, 11) is 0. The number of fused-ring (bicyclic) bond motifs is 7. The molecular formula is C22H20N4O3. The number of nitrogens with one attached hydrogen (secondary N) is 1. The van der Waals surface area contributed by atoms with Gasteiger partial charge in [0.1, 0.15) is 23.7 Å². The van der Waals surface area contributed by atoms with Crippen LogP contribution in [0.4, 0.5) is 0 Å². The number of amides is 1. The number of aromatic nitrogens is 3. The third-order valence-electron chi connectivity index (χ3n) is 6.36. The summed E-state index contributed by atoms with van der Waals surface area (Å²) in [4.78, 5) is 27.5. The van der Waals surface area contributed by atoms with E-state index < -0.39 is 0 Å². The molecule has 0 aliphatic carbocycles. The first kappa shape index (κ1) is 16.6. The number of pyridine rings is 1. The number of hydrogen-bond acceptors (Lipinski definition) is 4. The van der Waals surface area contributed by atoms with E-state index in [1.807, 2.05) is 45.9 Å². The number of aromatic amines is 1. The number of para-hydroxylation sites is 1. The maximum atomic E-state index is 13.4. The number of rotatable bonds is 1. The quantitative estimate of drug-likeness (QED) is 0.694. The highest BCUT2D eigenvalue weighted by Gasteiger charge is 2.38. The molecule has 0 radical (unpaired) electrons. The summed E-state index contributed by atoms with van der Waals surface area (Å²) < 4.78 is 7.73. The molecule has 1 fully saturated rings. The molecule has 3 aliphatic rings. The minimum atomic E-state index is -0.0387. The highest BCUT2D eigenvalue weighted by Crippen LogP contribution is 2.39. The number of carbonyl (C=O) groups is 1. The summed E-state index contributed by atoms with van der Waals surface area (Å²) in [6.07, 6.45) is 1.02. The Labute approximate surface area is 166 Å². The summed E-state index contributed by atoms with van der Waals surface area (Å²) in [6.45, 7) is 2.28. The number of piperidine rings is 1. The van der Waals surface area contributed by atoms with E-state index in [1.54, 1.807) is 6.07 Å². The first-order chi connectivity index (χ1) is 14.2. The lowest BCUT2D eigenvalue weighted by Crippen LogP contribution is -2.49. The van der Waals surface area contributed by atoms with Gasteiger partial charge < -0.3 is 14.2 Å². The number of H-pyrrole nitrogens is 1. The molecule has 29 heavy (non-hydrogen) atoms. The topological polar surface area (TPSA) is 80.2 Å². The number of benzene rings is 1. The molecule has 0 unspecified atom stereocenters. The third-order valence-corrected chi connectivity index (χ3v) is 6.36. The standard InChI is InChI=1S/C22H20N4O3/c27-19-7-3-5-17-14-8-13(10-26(17)19)9-25(11-14)22(28)21-16-12-29-18-6-2-1-4-15(18)20(16)23-24-21/h1-7,13-14H,8-12H2,(H,23,24)/t13-,14+/m0/s1. The molecule has 146 valence electrons. The Hall–Kier alpha value is -3.35. The van der Waals surface area contributed by atoms with Gasteiger partial charge in [-0.25, -0.2) is 0 Å². The summed E-state index contributed by atoms with van der Waals surface area (Å²) in [6, 6.07) is 13.2. The average molecular weight is 388 g/mol. The zero-order chi connectivity index (χ0) is 19.5. The van der Waals surface area contributed by atoms with Gasteiger partial charge in [-0.15, -0.1) is 0 Å². The fraction of sp³-hybridized carbons (Fsp3) is 0.318. The van der Waals surface area contributed by atoms with Crippen LogP contribution >= 0.6 is 0 Å². The van der Waals surface area contributed by atoms with Crippen LogP contribution in [0.5, 0.6) is 5.75 Å². The monoisotopic (exact) mass is 388 g/mol. The van der Waals surface area contributed by atoms with Crippen molar-refractivity contribution in [2.45, 2.75) is 25.5 Å². The second-order valence-electron chi connectivity index (χ2n) is 8.12. The molecule has 1 amide bonds. The minimum Gasteiger partial charge on any atom is -0.488 e. The van der Waals surface area contributed by atoms with Crippen molar-refractivity contribution in [3.63, 3.8) is 0 Å². The Morgan fingerprint density at radius 3 is 2.93 bits per heavy atom. The first-order valence-corrected chi connectivity index (χ1v) is 9.97. The average Bonchev–Trinajstić information content (AvgIpc) is 3.18. The van der Waals surface area contributed by atoms with Crippen LogP contribution < -0.4 is 10.3 Å². The highest BCUT2D eigenvalue weighted by atomic mass is 16.5. The van der Waals surface area contributed by atoms with Gasteiger partial charge in [-0.3, -0.25) is 14.7 Å². The molecule has 3 aromatic rings. The number of carbonyl (C=O) groups excluding carboxylic acids is 1. The van der Waals surface area contributed by atoms with Gasteiger partial charge in [0, 0.05) is 48.4 Å². The van der Waals surface area contributed by atoms with Gasteiger partial charge in [0.15, 0.2) is 0 Å². The molecule has 0 spiro atoms. The highest BCUT2D eigenvalue weighted by molar-refractivity contribution is 5.96. The van der Waals surface area contributed by atoms with E-state index in [1.165, 1.54) is 0 Å². The Balaban J connectivity index is 1.33. The van der Waals surface area contributed by atoms with Crippen molar-refractivity contribution < 1.29 is 9.53 Å². The molecule has 3 aliphatic heterocycles. The van der Waals surface area contributed by atoms with Crippen LogP contribution in [0.3, 0.4) is 0 Å². The van der Waals surface area contributed by atoms with E-state index >= 15 is 0 Å². The maximum Gasteiger partial charge on any atom is 0.272 e. The van der Waals surface area contributed by atoms with Gasteiger partial charge in [-0.2, -0.15) is 5.10 Å². The Morgan fingerprint density at radius 2 is 2.00 bits per heavy atom. The van der Waals surface area contributed by atoms with Crippen LogP contribution in [0.1, 0.15) is 34.1 Å². The lowest BCUT2D eigenvalue weighted by atomic mass is 9.83. The Morgan fingerprint density at radius 1 is 1.10 bits per heavy atom. The van der Waals surface area contributed by atoms with E-state index in [-0.39, 0.29) is 17.4 Å². The largest absolute Gasteiger partial charge is 0.488 e. The summed E-state index contributed by atoms with van der Waals surface area (Å²) >= 11 is 0. The molecule has 2 atom stereocenters. The smallest absolute Gasteiger partial charge is 0.272 e. The molecule has 1 N–H and O–H groups in total. The Kier molecular flexibility index (Phi) is 3.47. The first-order valence-electron chi connectivity index (χ1n) is 9.97. The van der Waals surface area contributed by atoms with Crippen LogP contribution in [0.25, 0.3) is 11.3 Å². The van der Waals surface area contributed by atoms with Crippen molar-refractivity contribution in [2.75, 3.05) is 13.1 Å². The SMILES string of the molecule is O=C(c1[nH]nc2c1COc1ccccc1-2)N1C[C@@H]2C[C@H](C1)c1cccc(=O)n1C2. The van der Waals surface area contributed by atoms with Crippen LogP contribution in [0.2, 0.25) is 0 Å².